The number of carbonyl (C=O) groups is 4. The van der Waals surface area contributed by atoms with Crippen molar-refractivity contribution in [3.05, 3.63) is 54.4 Å². The van der Waals surface area contributed by atoms with Gasteiger partial charge in [0.25, 0.3) is 0 Å². The number of hydrogen-bond acceptors (Lipinski definition) is 9. The number of imidazole rings is 1. The molecule has 1 aromatic heterocycles. The summed E-state index contributed by atoms with van der Waals surface area (Å²) in [4.78, 5) is 68.8. The van der Waals surface area contributed by atoms with Crippen LogP contribution in [0.25, 0.3) is 32.9 Å². The lowest BCUT2D eigenvalue weighted by molar-refractivity contribution is -0.274. The molecule has 5 fully saturated rings. The zero-order valence-corrected chi connectivity index (χ0v) is 36.1. The number of halogens is 3. The van der Waals surface area contributed by atoms with E-state index >= 15 is 0 Å². The molecule has 18 heteroatoms. The molecule has 4 aliphatic heterocycles. The maximum Gasteiger partial charge on any atom is 0.573 e. The fourth-order valence-electron chi connectivity index (χ4n) is 10.1. The molecule has 3 atom stereocenters. The van der Waals surface area contributed by atoms with Crippen molar-refractivity contribution in [2.75, 3.05) is 71.5 Å². The van der Waals surface area contributed by atoms with Gasteiger partial charge in [-0.3, -0.25) is 14.5 Å². The summed E-state index contributed by atoms with van der Waals surface area (Å²) in [5.74, 6) is 0.512. The maximum absolute atomic E-state index is 14.2. The second-order valence-electron chi connectivity index (χ2n) is 18.0. The van der Waals surface area contributed by atoms with Crippen LogP contribution in [0.2, 0.25) is 0 Å². The maximum atomic E-state index is 14.2. The Hall–Kier alpha value is -5.62. The molecule has 0 bridgehead atoms. The van der Waals surface area contributed by atoms with Crippen LogP contribution in [0.4, 0.5) is 28.4 Å². The summed E-state index contributed by atoms with van der Waals surface area (Å²) < 4.78 is 56.6. The fraction of sp³-hybridized carbons (Fsp3) is 0.543. The number of aromatic amines is 1. The number of anilines is 1. The van der Waals surface area contributed by atoms with Crippen LogP contribution in [0.5, 0.6) is 5.75 Å². The highest BCUT2D eigenvalue weighted by Crippen LogP contribution is 2.40. The van der Waals surface area contributed by atoms with Crippen LogP contribution in [0, 0.1) is 17.8 Å². The number of likely N-dealkylation sites (tertiary alicyclic amines) is 2. The van der Waals surface area contributed by atoms with Crippen LogP contribution in [-0.2, 0) is 19.1 Å². The van der Waals surface area contributed by atoms with Crippen LogP contribution in [0.15, 0.2) is 48.5 Å². The number of aromatic nitrogens is 2. The third kappa shape index (κ3) is 9.43. The van der Waals surface area contributed by atoms with Gasteiger partial charge in [-0.05, 0) is 92.0 Å². The van der Waals surface area contributed by atoms with E-state index in [1.165, 1.54) is 19.2 Å². The molecule has 0 spiro atoms. The number of hydrogen-bond donors (Lipinski definition) is 3. The Morgan fingerprint density at radius 1 is 0.891 bits per heavy atom. The molecule has 3 aromatic carbocycles. The van der Waals surface area contributed by atoms with Crippen molar-refractivity contribution in [1.82, 2.24) is 34.9 Å². The first kappa shape index (κ1) is 43.6. The van der Waals surface area contributed by atoms with Crippen molar-refractivity contribution in [2.24, 2.45) is 17.8 Å². The molecule has 5 heterocycles. The second kappa shape index (κ2) is 18.1. The molecule has 1 aliphatic carbocycles. The number of benzene rings is 3. The van der Waals surface area contributed by atoms with Gasteiger partial charge in [0.15, 0.2) is 0 Å². The van der Waals surface area contributed by atoms with E-state index < -0.39 is 30.3 Å². The number of urea groups is 1. The molecule has 5 aliphatic rings. The van der Waals surface area contributed by atoms with Gasteiger partial charge in [0.05, 0.1) is 24.2 Å². The van der Waals surface area contributed by atoms with Gasteiger partial charge in [0, 0.05) is 93.7 Å². The molecular weight excluding hydrogens is 834 g/mol. The number of fused-ring (bicyclic) bond motifs is 3. The van der Waals surface area contributed by atoms with E-state index in [-0.39, 0.29) is 46.9 Å². The number of methoxy groups -OCH3 is 1. The summed E-state index contributed by atoms with van der Waals surface area (Å²) >= 11 is 0. The van der Waals surface area contributed by atoms with Crippen molar-refractivity contribution >= 4 is 51.4 Å². The Bertz CT molecular complexity index is 2390. The average molecular weight is 889 g/mol. The average Bonchev–Trinajstić information content (AvgIpc) is 3.94. The molecule has 1 saturated carbocycles. The fourth-order valence-corrected chi connectivity index (χ4v) is 10.1. The second-order valence-corrected chi connectivity index (χ2v) is 18.0. The lowest BCUT2D eigenvalue weighted by Gasteiger charge is -2.42. The van der Waals surface area contributed by atoms with Gasteiger partial charge in [-0.25, -0.2) is 14.6 Å². The molecule has 0 radical (unpaired) electrons. The molecule has 4 saturated heterocycles. The highest BCUT2D eigenvalue weighted by Gasteiger charge is 2.43. The van der Waals surface area contributed by atoms with Crippen molar-refractivity contribution in [2.45, 2.75) is 76.4 Å². The first-order chi connectivity index (χ1) is 30.8. The summed E-state index contributed by atoms with van der Waals surface area (Å²) in [6.07, 6.45) is 0.0649. The van der Waals surface area contributed by atoms with Gasteiger partial charge in [-0.15, -0.1) is 13.2 Å². The van der Waals surface area contributed by atoms with Crippen LogP contribution in [0.1, 0.15) is 63.7 Å². The number of ether oxygens (including phenoxy) is 3. The molecular formula is C46H55F3N8O7. The third-order valence-corrected chi connectivity index (χ3v) is 13.6. The Morgan fingerprint density at radius 2 is 1.64 bits per heavy atom. The summed E-state index contributed by atoms with van der Waals surface area (Å²) in [6, 6.07) is 12.1. The number of amides is 5. The predicted molar refractivity (Wildman–Crippen MR) is 231 cm³/mol. The monoisotopic (exact) mass is 888 g/mol. The Kier molecular flexibility index (Phi) is 12.3. The minimum atomic E-state index is -4.99. The van der Waals surface area contributed by atoms with Crippen molar-refractivity contribution in [3.8, 4) is 16.9 Å². The molecule has 9 rings (SSSR count). The van der Waals surface area contributed by atoms with E-state index in [0.29, 0.717) is 88.1 Å². The van der Waals surface area contributed by atoms with Gasteiger partial charge >= 0.3 is 18.5 Å². The van der Waals surface area contributed by atoms with E-state index in [1.54, 1.807) is 28.0 Å². The Labute approximate surface area is 368 Å². The summed E-state index contributed by atoms with van der Waals surface area (Å²) in [7, 11) is 1.27. The number of alkyl halides is 3. The Morgan fingerprint density at radius 3 is 2.34 bits per heavy atom. The molecule has 5 amide bonds. The van der Waals surface area contributed by atoms with Crippen LogP contribution < -0.4 is 15.4 Å². The first-order valence-corrected chi connectivity index (χ1v) is 22.5. The largest absolute Gasteiger partial charge is 0.573 e. The van der Waals surface area contributed by atoms with E-state index in [1.807, 2.05) is 23.1 Å². The SMILES string of the molecule is COC(=O)NC(C(=O)N1CC(C)CC1c1nc2c(ccc3cc(-c4ccc(NC(=O)N5CCN(C6CCN(C(=O)C7CC7)CC6)CC5)cc4OC(F)(F)F)ccc32)[nH]1)C1CCOCC1. The molecule has 4 aromatic rings. The zero-order valence-electron chi connectivity index (χ0n) is 36.1. The van der Waals surface area contributed by atoms with E-state index in [4.69, 9.17) is 14.5 Å². The highest BCUT2D eigenvalue weighted by atomic mass is 19.4. The van der Waals surface area contributed by atoms with E-state index in [0.717, 1.165) is 55.1 Å². The van der Waals surface area contributed by atoms with Crippen LogP contribution in [0.3, 0.4) is 0 Å². The Balaban J connectivity index is 0.895. The topological polar surface area (TPSA) is 162 Å². The quantitative estimate of drug-likeness (QED) is 0.163. The van der Waals surface area contributed by atoms with Gasteiger partial charge in [-0.2, -0.15) is 0 Å². The van der Waals surface area contributed by atoms with Crippen LogP contribution in [-0.4, -0.2) is 138 Å². The number of nitrogens with one attached hydrogen (secondary N) is 3. The van der Waals surface area contributed by atoms with Crippen molar-refractivity contribution in [3.63, 3.8) is 0 Å². The highest BCUT2D eigenvalue weighted by molar-refractivity contribution is 6.05. The first-order valence-electron chi connectivity index (χ1n) is 22.5. The number of H-pyrrole nitrogens is 1. The van der Waals surface area contributed by atoms with Gasteiger partial charge in [0.1, 0.15) is 17.6 Å². The predicted octanol–water partition coefficient (Wildman–Crippen LogP) is 6.89. The molecule has 3 unspecified atom stereocenters. The molecule has 15 nitrogen and oxygen atoms in total. The smallest absolute Gasteiger partial charge is 0.453 e. The van der Waals surface area contributed by atoms with Gasteiger partial charge in [-0.1, -0.05) is 25.1 Å². The van der Waals surface area contributed by atoms with Crippen molar-refractivity contribution < 1.29 is 46.6 Å². The lowest BCUT2D eigenvalue weighted by Crippen LogP contribution is -2.55. The summed E-state index contributed by atoms with van der Waals surface area (Å²) in [5.41, 5.74) is 2.21. The minimum absolute atomic E-state index is 0.111. The summed E-state index contributed by atoms with van der Waals surface area (Å²) in [5, 5.41) is 7.05. The number of carbonyl (C=O) groups excluding carboxylic acids is 4. The minimum Gasteiger partial charge on any atom is -0.453 e. The summed E-state index contributed by atoms with van der Waals surface area (Å²) in [6.45, 7) is 7.38. The molecule has 3 N–H and O–H groups in total. The van der Waals surface area contributed by atoms with E-state index in [9.17, 15) is 32.3 Å². The molecule has 342 valence electrons. The molecule has 64 heavy (non-hydrogen) atoms. The number of nitrogens with zero attached hydrogens (tertiary/aromatic N) is 5. The zero-order chi connectivity index (χ0) is 44.7. The number of piperidine rings is 1. The normalized spacial score (nSPS) is 22.2. The standard InChI is InChI=1S/C46H55F3N8O7/c1-27-23-37(57(26-27)43(59)39(53-45(61)62-2)28-13-21-63-22-14-28)41-51-36-10-6-31-24-30(5-8-35(31)40(36)52-41)34-9-7-32(25-38(34)64-46(47,48)49)50-44(60)56-19-17-54(18-20-56)33-11-15-55(16-12-33)42(58)29-3-4-29/h5-10,24-25,27-29,33,37,39H,3-4,11-23,26H2,1-2H3,(H,50,60)(H,51,52)(H,53,61). The number of piperazine rings is 1. The van der Waals surface area contributed by atoms with Gasteiger partial charge < -0.3 is 44.5 Å². The van der Waals surface area contributed by atoms with E-state index in [2.05, 4.69) is 32.2 Å². The number of alkyl carbamates (subject to hydrolysis) is 1. The lowest BCUT2D eigenvalue weighted by atomic mass is 9.90. The third-order valence-electron chi connectivity index (χ3n) is 13.6. The number of rotatable bonds is 9. The van der Waals surface area contributed by atoms with Crippen molar-refractivity contribution in [1.29, 1.82) is 0 Å². The van der Waals surface area contributed by atoms with Crippen LogP contribution >= 0.6 is 0 Å². The van der Waals surface area contributed by atoms with Gasteiger partial charge in [0.2, 0.25) is 11.8 Å².